The van der Waals surface area contributed by atoms with Gasteiger partial charge in [-0.25, -0.2) is 8.42 Å². The molecule has 1 atom stereocenters. The number of guanidine groups is 1. The molecule has 1 aromatic carbocycles. The summed E-state index contributed by atoms with van der Waals surface area (Å²) in [5, 5.41) is 6.41. The Morgan fingerprint density at radius 1 is 1.33 bits per heavy atom. The second-order valence-electron chi connectivity index (χ2n) is 6.66. The molecular formula is C18H29F2IN4O4S. The first-order valence-corrected chi connectivity index (χ1v) is 11.4. The SMILES string of the molecule is CN=C(NCCOCCS(C)(=O)=O)NC1CCN(c2ccccc2OC(F)F)C1.I. The third kappa shape index (κ3) is 9.60. The molecule has 30 heavy (non-hydrogen) atoms. The van der Waals surface area contributed by atoms with Crippen LogP contribution in [0, 0.1) is 0 Å². The number of nitrogens with one attached hydrogen (secondary N) is 2. The number of aliphatic imine (C=N–C) groups is 1. The maximum atomic E-state index is 12.6. The highest BCUT2D eigenvalue weighted by atomic mass is 127. The van der Waals surface area contributed by atoms with E-state index in [4.69, 9.17) is 4.74 Å². The Bertz CT molecular complexity index is 783. The van der Waals surface area contributed by atoms with Crippen LogP contribution >= 0.6 is 24.0 Å². The van der Waals surface area contributed by atoms with Gasteiger partial charge in [-0.3, -0.25) is 4.99 Å². The number of hydrogen-bond acceptors (Lipinski definition) is 6. The van der Waals surface area contributed by atoms with E-state index in [9.17, 15) is 17.2 Å². The Morgan fingerprint density at radius 2 is 2.07 bits per heavy atom. The van der Waals surface area contributed by atoms with Crippen molar-refractivity contribution < 1.29 is 26.7 Å². The molecule has 1 aromatic rings. The number of nitrogens with zero attached hydrogens (tertiary/aromatic N) is 2. The van der Waals surface area contributed by atoms with E-state index >= 15 is 0 Å². The lowest BCUT2D eigenvalue weighted by Gasteiger charge is -2.22. The standard InChI is InChI=1S/C18H28F2N4O4S.HI/c1-21-18(22-8-10-27-11-12-29(2,25)26)23-14-7-9-24(13-14)15-5-3-4-6-16(15)28-17(19)20;/h3-6,14,17H,7-13H2,1-2H3,(H2,21,22,23);1H. The topological polar surface area (TPSA) is 92.3 Å². The van der Waals surface area contributed by atoms with Gasteiger partial charge in [0.15, 0.2) is 5.96 Å². The molecule has 1 unspecified atom stereocenters. The maximum Gasteiger partial charge on any atom is 0.387 e. The Hall–Kier alpha value is -1.41. The lowest BCUT2D eigenvalue weighted by molar-refractivity contribution is -0.0495. The van der Waals surface area contributed by atoms with E-state index in [0.717, 1.165) is 6.42 Å². The normalized spacial score (nSPS) is 17.0. The van der Waals surface area contributed by atoms with E-state index in [1.807, 2.05) is 4.90 Å². The molecule has 1 heterocycles. The van der Waals surface area contributed by atoms with Gasteiger partial charge in [0.05, 0.1) is 24.7 Å². The summed E-state index contributed by atoms with van der Waals surface area (Å²) in [5.74, 6) is 0.756. The summed E-state index contributed by atoms with van der Waals surface area (Å²) in [6.07, 6.45) is 1.98. The minimum atomic E-state index is -3.02. The Morgan fingerprint density at radius 3 is 2.73 bits per heavy atom. The number of hydrogen-bond donors (Lipinski definition) is 2. The van der Waals surface area contributed by atoms with Crippen molar-refractivity contribution in [2.45, 2.75) is 19.1 Å². The smallest absolute Gasteiger partial charge is 0.387 e. The van der Waals surface area contributed by atoms with E-state index in [-0.39, 0.29) is 48.1 Å². The molecule has 2 N–H and O–H groups in total. The predicted octanol–water partition coefficient (Wildman–Crippen LogP) is 1.71. The highest BCUT2D eigenvalue weighted by Crippen LogP contribution is 2.31. The zero-order chi connectivity index (χ0) is 21.3. The van der Waals surface area contributed by atoms with E-state index < -0.39 is 16.4 Å². The molecule has 12 heteroatoms. The largest absolute Gasteiger partial charge is 0.433 e. The first-order valence-electron chi connectivity index (χ1n) is 9.30. The number of halogens is 3. The van der Waals surface area contributed by atoms with Crippen LogP contribution in [0.1, 0.15) is 6.42 Å². The van der Waals surface area contributed by atoms with Crippen LogP contribution in [-0.2, 0) is 14.6 Å². The predicted molar refractivity (Wildman–Crippen MR) is 124 cm³/mol. The highest BCUT2D eigenvalue weighted by Gasteiger charge is 2.26. The lowest BCUT2D eigenvalue weighted by Crippen LogP contribution is -2.45. The molecule has 2 rings (SSSR count). The molecule has 0 spiro atoms. The number of para-hydroxylation sites is 2. The van der Waals surface area contributed by atoms with Gasteiger partial charge < -0.3 is 25.0 Å². The van der Waals surface area contributed by atoms with Crippen molar-refractivity contribution in [2.24, 2.45) is 4.99 Å². The van der Waals surface area contributed by atoms with Gasteiger partial charge >= 0.3 is 6.61 Å². The van der Waals surface area contributed by atoms with Crippen molar-refractivity contribution in [3.8, 4) is 5.75 Å². The summed E-state index contributed by atoms with van der Waals surface area (Å²) in [7, 11) is -1.37. The minimum absolute atomic E-state index is 0. The first-order chi connectivity index (χ1) is 13.8. The van der Waals surface area contributed by atoms with Gasteiger partial charge in [-0.2, -0.15) is 8.78 Å². The number of sulfone groups is 1. The number of benzene rings is 1. The number of anilines is 1. The number of ether oxygens (including phenoxy) is 2. The van der Waals surface area contributed by atoms with Gasteiger partial charge in [0.2, 0.25) is 0 Å². The monoisotopic (exact) mass is 562 g/mol. The van der Waals surface area contributed by atoms with Crippen LogP contribution < -0.4 is 20.3 Å². The maximum absolute atomic E-state index is 12.6. The summed E-state index contributed by atoms with van der Waals surface area (Å²) in [6.45, 7) is -0.557. The van der Waals surface area contributed by atoms with Crippen molar-refractivity contribution in [1.29, 1.82) is 0 Å². The van der Waals surface area contributed by atoms with Gasteiger partial charge in [0.25, 0.3) is 0 Å². The molecule has 8 nitrogen and oxygen atoms in total. The first kappa shape index (κ1) is 26.6. The highest BCUT2D eigenvalue weighted by molar-refractivity contribution is 14.0. The van der Waals surface area contributed by atoms with Crippen molar-refractivity contribution in [2.75, 3.05) is 56.8 Å². The third-order valence-corrected chi connectivity index (χ3v) is 5.22. The molecule has 1 aliphatic heterocycles. The van der Waals surface area contributed by atoms with Crippen LogP contribution in [0.2, 0.25) is 0 Å². The van der Waals surface area contributed by atoms with E-state index in [2.05, 4.69) is 20.4 Å². The van der Waals surface area contributed by atoms with E-state index in [0.29, 0.717) is 37.9 Å². The van der Waals surface area contributed by atoms with E-state index in [1.54, 1.807) is 25.2 Å². The molecule has 0 aliphatic carbocycles. The van der Waals surface area contributed by atoms with Crippen LogP contribution in [0.3, 0.4) is 0 Å². The molecule has 1 fully saturated rings. The summed E-state index contributed by atoms with van der Waals surface area (Å²) >= 11 is 0. The Balaban J connectivity index is 0.00000450. The van der Waals surface area contributed by atoms with Crippen molar-refractivity contribution in [3.05, 3.63) is 24.3 Å². The van der Waals surface area contributed by atoms with Crippen molar-refractivity contribution >= 4 is 45.5 Å². The van der Waals surface area contributed by atoms with Gasteiger partial charge in [0.1, 0.15) is 15.6 Å². The second kappa shape index (κ2) is 13.1. The zero-order valence-electron chi connectivity index (χ0n) is 17.0. The molecule has 1 saturated heterocycles. The molecule has 1 aliphatic rings. The molecule has 0 amide bonds. The molecule has 0 aromatic heterocycles. The van der Waals surface area contributed by atoms with Crippen molar-refractivity contribution in [3.63, 3.8) is 0 Å². The molecule has 0 radical (unpaired) electrons. The molecule has 172 valence electrons. The summed E-state index contributed by atoms with van der Waals surface area (Å²) in [6, 6.07) is 6.84. The number of alkyl halides is 2. The van der Waals surface area contributed by atoms with Crippen LogP contribution in [0.5, 0.6) is 5.75 Å². The second-order valence-corrected chi connectivity index (χ2v) is 8.92. The average Bonchev–Trinajstić information content (AvgIpc) is 3.11. The average molecular weight is 562 g/mol. The van der Waals surface area contributed by atoms with Gasteiger partial charge in [0, 0.05) is 39.0 Å². The van der Waals surface area contributed by atoms with Gasteiger partial charge in [-0.1, -0.05) is 12.1 Å². The minimum Gasteiger partial charge on any atom is -0.433 e. The number of rotatable bonds is 10. The molecular weight excluding hydrogens is 533 g/mol. The van der Waals surface area contributed by atoms with Gasteiger partial charge in [-0.15, -0.1) is 24.0 Å². The fourth-order valence-electron chi connectivity index (χ4n) is 2.95. The van der Waals surface area contributed by atoms with Crippen LogP contribution in [0.25, 0.3) is 0 Å². The Labute approximate surface area is 193 Å². The molecule has 0 saturated carbocycles. The van der Waals surface area contributed by atoms with Crippen LogP contribution in [0.4, 0.5) is 14.5 Å². The molecule has 0 bridgehead atoms. The van der Waals surface area contributed by atoms with E-state index in [1.165, 1.54) is 12.3 Å². The van der Waals surface area contributed by atoms with Crippen molar-refractivity contribution in [1.82, 2.24) is 10.6 Å². The third-order valence-electron chi connectivity index (χ3n) is 4.31. The fourth-order valence-corrected chi connectivity index (χ4v) is 3.37. The lowest BCUT2D eigenvalue weighted by atomic mass is 10.2. The van der Waals surface area contributed by atoms with Crippen LogP contribution in [0.15, 0.2) is 29.3 Å². The fraction of sp³-hybridized carbons (Fsp3) is 0.611. The summed E-state index contributed by atoms with van der Waals surface area (Å²) < 4.78 is 57.2. The quantitative estimate of drug-likeness (QED) is 0.194. The Kier molecular flexibility index (Phi) is 11.6. The summed E-state index contributed by atoms with van der Waals surface area (Å²) in [4.78, 5) is 6.16. The summed E-state index contributed by atoms with van der Waals surface area (Å²) in [5.41, 5.74) is 0.638. The van der Waals surface area contributed by atoms with Crippen LogP contribution in [-0.4, -0.2) is 78.9 Å². The van der Waals surface area contributed by atoms with Gasteiger partial charge in [-0.05, 0) is 18.6 Å². The zero-order valence-corrected chi connectivity index (χ0v) is 20.2.